The summed E-state index contributed by atoms with van der Waals surface area (Å²) < 4.78 is 17.1. The quantitative estimate of drug-likeness (QED) is 0.280. The van der Waals surface area contributed by atoms with Gasteiger partial charge in [0, 0.05) is 19.0 Å². The molecule has 0 fully saturated rings. The van der Waals surface area contributed by atoms with Gasteiger partial charge in [-0.1, -0.05) is 6.07 Å². The fraction of sp³-hybridized carbons (Fsp3) is 0.516. The molecule has 2 aromatic rings. The molecule has 2 atom stereocenters. The number of carbonyl (C=O) groups excluding carboxylic acids is 2. The van der Waals surface area contributed by atoms with E-state index in [4.69, 9.17) is 14.2 Å². The van der Waals surface area contributed by atoms with Gasteiger partial charge in [-0.05, 0) is 93.2 Å². The number of ether oxygens (including phenoxy) is 3. The Labute approximate surface area is 252 Å². The maximum Gasteiger partial charge on any atom is 0.242 e. The number of carbonyl (C=O) groups is 2. The predicted octanol–water partition coefficient (Wildman–Crippen LogP) is 3.46. The van der Waals surface area contributed by atoms with E-state index in [0.717, 1.165) is 35.4 Å². The highest BCUT2D eigenvalue weighted by Gasteiger charge is 2.30. The van der Waals surface area contributed by atoms with Crippen LogP contribution in [0.1, 0.15) is 43.4 Å². The maximum absolute atomic E-state index is 13.7. The minimum Gasteiger partial charge on any atom is -0.493 e. The van der Waals surface area contributed by atoms with Gasteiger partial charge in [0.1, 0.15) is 6.04 Å². The van der Waals surface area contributed by atoms with E-state index in [-0.39, 0.29) is 17.2 Å². The zero-order valence-electron chi connectivity index (χ0n) is 25.7. The lowest BCUT2D eigenvalue weighted by atomic mass is 9.95. The Morgan fingerprint density at radius 2 is 1.83 bits per heavy atom. The Morgan fingerprint density at radius 1 is 1.10 bits per heavy atom. The zero-order valence-corrected chi connectivity index (χ0v) is 26.5. The van der Waals surface area contributed by atoms with Crippen molar-refractivity contribution in [3.63, 3.8) is 0 Å². The lowest BCUT2D eigenvalue weighted by Gasteiger charge is -2.19. The molecule has 0 bridgehead atoms. The molecule has 0 unspecified atom stereocenters. The fourth-order valence-corrected chi connectivity index (χ4v) is 5.72. The van der Waals surface area contributed by atoms with Crippen molar-refractivity contribution < 1.29 is 23.8 Å². The third-order valence-electron chi connectivity index (χ3n) is 7.25. The number of hydrogen-bond acceptors (Lipinski definition) is 9. The van der Waals surface area contributed by atoms with E-state index in [9.17, 15) is 14.4 Å². The van der Waals surface area contributed by atoms with Crippen LogP contribution >= 0.6 is 11.8 Å². The van der Waals surface area contributed by atoms with Crippen molar-refractivity contribution in [2.75, 3.05) is 65.8 Å². The first-order chi connectivity index (χ1) is 20.1. The number of nitrogens with one attached hydrogen (secondary N) is 3. The second-order valence-electron chi connectivity index (χ2n) is 10.5. The van der Waals surface area contributed by atoms with Crippen LogP contribution in [-0.4, -0.2) is 83.3 Å². The standard InChI is InChI=1S/C31H44N4O6S/c1-19(36)33-23-11-9-20-17-27(39-4)29(40-5)30(41-6)28(20)21-10-12-24(26(37)18-22(21)23)34-25(13-16-42-7)31(38)32-14-8-15-35(2)3/h10,12,17-18,23,25H,8-9,11,13-16H2,1-7H3,(H,32,38)(H,33,36)(H,34,37)/t23-,25-/m1/s1. The summed E-state index contributed by atoms with van der Waals surface area (Å²) in [4.78, 5) is 41.1. The van der Waals surface area contributed by atoms with Gasteiger partial charge >= 0.3 is 0 Å². The van der Waals surface area contributed by atoms with Crippen LogP contribution in [0.25, 0.3) is 11.1 Å². The number of amides is 2. The third kappa shape index (κ3) is 8.10. The highest BCUT2D eigenvalue weighted by atomic mass is 32.2. The summed E-state index contributed by atoms with van der Waals surface area (Å²) in [5, 5.41) is 9.26. The van der Waals surface area contributed by atoms with E-state index < -0.39 is 12.1 Å². The van der Waals surface area contributed by atoms with Crippen molar-refractivity contribution in [1.29, 1.82) is 0 Å². The van der Waals surface area contributed by atoms with Gasteiger partial charge in [-0.3, -0.25) is 14.4 Å². The summed E-state index contributed by atoms with van der Waals surface area (Å²) in [6.07, 6.45) is 4.55. The normalized spacial score (nSPS) is 14.6. The number of benzene rings is 1. The maximum atomic E-state index is 13.7. The highest BCUT2D eigenvalue weighted by Crippen LogP contribution is 2.50. The second-order valence-corrected chi connectivity index (χ2v) is 11.5. The second kappa shape index (κ2) is 15.7. The average molecular weight is 601 g/mol. The van der Waals surface area contributed by atoms with E-state index in [0.29, 0.717) is 54.3 Å². The number of rotatable bonds is 14. The summed E-state index contributed by atoms with van der Waals surface area (Å²) >= 11 is 1.64. The molecule has 230 valence electrons. The summed E-state index contributed by atoms with van der Waals surface area (Å²) in [6, 6.07) is 6.05. The molecule has 1 aliphatic rings. The van der Waals surface area contributed by atoms with Crippen molar-refractivity contribution in [2.45, 2.75) is 44.7 Å². The van der Waals surface area contributed by atoms with E-state index in [2.05, 4.69) is 20.9 Å². The summed E-state index contributed by atoms with van der Waals surface area (Å²) in [5.74, 6) is 1.88. The van der Waals surface area contributed by atoms with Crippen molar-refractivity contribution >= 4 is 29.3 Å². The van der Waals surface area contributed by atoms with Crippen LogP contribution in [0.5, 0.6) is 17.2 Å². The molecular weight excluding hydrogens is 556 g/mol. The monoisotopic (exact) mass is 600 g/mol. The lowest BCUT2D eigenvalue weighted by Crippen LogP contribution is -2.41. The Balaban J connectivity index is 2.12. The Bertz CT molecular complexity index is 1320. The van der Waals surface area contributed by atoms with Crippen LogP contribution in [0.3, 0.4) is 0 Å². The number of fused-ring (bicyclic) bond motifs is 3. The molecule has 10 nitrogen and oxygen atoms in total. The average Bonchev–Trinajstić information content (AvgIpc) is 3.20. The molecule has 0 aromatic heterocycles. The van der Waals surface area contributed by atoms with Gasteiger partial charge in [0.15, 0.2) is 11.5 Å². The van der Waals surface area contributed by atoms with Crippen LogP contribution < -0.4 is 35.6 Å². The van der Waals surface area contributed by atoms with Crippen molar-refractivity contribution in [3.8, 4) is 28.4 Å². The molecule has 2 aromatic carbocycles. The Hall–Kier alpha value is -3.44. The van der Waals surface area contributed by atoms with Gasteiger partial charge in [-0.25, -0.2) is 0 Å². The fourth-order valence-electron chi connectivity index (χ4n) is 5.25. The number of hydrogen-bond donors (Lipinski definition) is 3. The topological polar surface area (TPSA) is 118 Å². The Kier molecular flexibility index (Phi) is 12.4. The number of thioether (sulfide) groups is 1. The van der Waals surface area contributed by atoms with Crippen molar-refractivity contribution in [2.24, 2.45) is 0 Å². The largest absolute Gasteiger partial charge is 0.493 e. The number of anilines is 1. The molecule has 0 aliphatic heterocycles. The number of aryl methyl sites for hydroxylation is 1. The minimum absolute atomic E-state index is 0.143. The van der Waals surface area contributed by atoms with Crippen LogP contribution in [-0.2, 0) is 16.0 Å². The predicted molar refractivity (Wildman–Crippen MR) is 169 cm³/mol. The van der Waals surface area contributed by atoms with Crippen LogP contribution in [0, 0.1) is 0 Å². The SMILES string of the molecule is COc1cc2c(c(OC)c1OC)-c1ccc(N[C@H](CCSC)C(=O)NCCCN(C)C)c(=O)cc1[C@H](NC(C)=O)CC2. The van der Waals surface area contributed by atoms with Gasteiger partial charge in [-0.2, -0.15) is 11.8 Å². The molecule has 0 saturated carbocycles. The first kappa shape index (κ1) is 33.1. The molecule has 11 heteroatoms. The van der Waals surface area contributed by atoms with Gasteiger partial charge in [-0.15, -0.1) is 0 Å². The molecule has 3 rings (SSSR count). The Morgan fingerprint density at radius 3 is 2.45 bits per heavy atom. The van der Waals surface area contributed by atoms with Crippen LogP contribution in [0.2, 0.25) is 0 Å². The van der Waals surface area contributed by atoms with Crippen LogP contribution in [0.15, 0.2) is 29.1 Å². The molecular formula is C31H44N4O6S. The van der Waals surface area contributed by atoms with E-state index >= 15 is 0 Å². The first-order valence-electron chi connectivity index (χ1n) is 14.1. The van der Waals surface area contributed by atoms with E-state index in [1.165, 1.54) is 6.92 Å². The van der Waals surface area contributed by atoms with E-state index in [1.807, 2.05) is 32.5 Å². The molecule has 0 saturated heterocycles. The molecule has 1 aliphatic carbocycles. The molecule has 0 radical (unpaired) electrons. The smallest absolute Gasteiger partial charge is 0.242 e. The summed E-state index contributed by atoms with van der Waals surface area (Å²) in [5.41, 5.74) is 3.15. The van der Waals surface area contributed by atoms with Crippen molar-refractivity contribution in [1.82, 2.24) is 15.5 Å². The molecule has 0 spiro atoms. The molecule has 0 heterocycles. The summed E-state index contributed by atoms with van der Waals surface area (Å²) in [6.45, 7) is 2.88. The first-order valence-corrected chi connectivity index (χ1v) is 15.5. The molecule has 3 N–H and O–H groups in total. The van der Waals surface area contributed by atoms with Crippen LogP contribution in [0.4, 0.5) is 5.69 Å². The van der Waals surface area contributed by atoms with Gasteiger partial charge in [0.05, 0.1) is 33.1 Å². The number of methoxy groups -OCH3 is 3. The lowest BCUT2D eigenvalue weighted by molar-refractivity contribution is -0.122. The minimum atomic E-state index is -0.580. The highest BCUT2D eigenvalue weighted by molar-refractivity contribution is 7.98. The summed E-state index contributed by atoms with van der Waals surface area (Å²) in [7, 11) is 8.67. The van der Waals surface area contributed by atoms with E-state index in [1.54, 1.807) is 45.2 Å². The molecule has 42 heavy (non-hydrogen) atoms. The molecule has 2 amide bonds. The van der Waals surface area contributed by atoms with Gasteiger partial charge in [0.2, 0.25) is 23.0 Å². The van der Waals surface area contributed by atoms with Gasteiger partial charge < -0.3 is 35.1 Å². The van der Waals surface area contributed by atoms with Gasteiger partial charge in [0.25, 0.3) is 0 Å². The van der Waals surface area contributed by atoms with Crippen molar-refractivity contribution in [3.05, 3.63) is 45.6 Å². The number of nitrogens with zero attached hydrogens (tertiary/aromatic N) is 1. The third-order valence-corrected chi connectivity index (χ3v) is 7.90. The zero-order chi connectivity index (χ0) is 30.8.